The van der Waals surface area contributed by atoms with Crippen LogP contribution in [-0.2, 0) is 11.3 Å². The van der Waals surface area contributed by atoms with Gasteiger partial charge in [0.05, 0.1) is 5.69 Å². The van der Waals surface area contributed by atoms with Crippen molar-refractivity contribution in [3.63, 3.8) is 0 Å². The molecule has 2 aromatic rings. The molecule has 0 spiro atoms. The van der Waals surface area contributed by atoms with Gasteiger partial charge in [-0.2, -0.15) is 0 Å². The molecule has 126 valence electrons. The van der Waals surface area contributed by atoms with Crippen molar-refractivity contribution in [2.75, 3.05) is 11.4 Å². The summed E-state index contributed by atoms with van der Waals surface area (Å²) in [7, 11) is 0. The molecule has 0 saturated carbocycles. The zero-order valence-electron chi connectivity index (χ0n) is 13.7. The van der Waals surface area contributed by atoms with Crippen molar-refractivity contribution in [2.45, 2.75) is 37.0 Å². The number of nitrogens with zero attached hydrogens (tertiary/aromatic N) is 4. The Morgan fingerprint density at radius 1 is 1.42 bits per heavy atom. The molecule has 1 aliphatic rings. The number of imidazole rings is 1. The van der Waals surface area contributed by atoms with E-state index in [1.165, 1.54) is 10.8 Å². The molecule has 1 aliphatic heterocycles. The summed E-state index contributed by atoms with van der Waals surface area (Å²) >= 11 is 1.75. The lowest BCUT2D eigenvalue weighted by Crippen LogP contribution is -2.45. The highest BCUT2D eigenvalue weighted by Crippen LogP contribution is 2.44. The van der Waals surface area contributed by atoms with Gasteiger partial charge >= 0.3 is 5.82 Å². The first-order chi connectivity index (χ1) is 11.3. The lowest BCUT2D eigenvalue weighted by atomic mass is 10.1. The van der Waals surface area contributed by atoms with Crippen LogP contribution < -0.4 is 4.90 Å². The normalized spacial score (nSPS) is 15.9. The van der Waals surface area contributed by atoms with E-state index in [0.717, 1.165) is 10.6 Å². The maximum Gasteiger partial charge on any atom is 0.381 e. The zero-order chi connectivity index (χ0) is 17.5. The maximum absolute atomic E-state index is 12.8. The number of aryl methyl sites for hydroxylation is 1. The van der Waals surface area contributed by atoms with E-state index in [2.05, 4.69) is 18.8 Å². The van der Waals surface area contributed by atoms with E-state index in [1.54, 1.807) is 23.6 Å². The van der Waals surface area contributed by atoms with Crippen molar-refractivity contribution in [3.05, 3.63) is 46.4 Å². The Kier molecular flexibility index (Phi) is 4.08. The molecule has 0 radical (unpaired) electrons. The summed E-state index contributed by atoms with van der Waals surface area (Å²) in [5, 5.41) is 10.8. The molecular weight excluding hydrogens is 328 g/mol. The Hall–Kier alpha value is -2.35. The van der Waals surface area contributed by atoms with E-state index in [9.17, 15) is 14.9 Å². The Labute approximate surface area is 143 Å². The molecule has 1 aromatic carbocycles. The number of hydrogen-bond donors (Lipinski definition) is 0. The van der Waals surface area contributed by atoms with E-state index >= 15 is 0 Å². The second-order valence-electron chi connectivity index (χ2n) is 6.34. The summed E-state index contributed by atoms with van der Waals surface area (Å²) in [5.74, 6) is 0.107. The summed E-state index contributed by atoms with van der Waals surface area (Å²) in [6.45, 7) is 6.47. The van der Waals surface area contributed by atoms with E-state index in [1.807, 2.05) is 24.3 Å². The number of nitro groups is 1. The van der Waals surface area contributed by atoms with Gasteiger partial charge < -0.3 is 15.0 Å². The Bertz CT molecular complexity index is 815. The molecule has 0 saturated heterocycles. The number of carbonyl (C=O) groups excluding carboxylic acids is 1. The molecule has 0 atom stereocenters. The summed E-state index contributed by atoms with van der Waals surface area (Å²) in [6.07, 6.45) is 1.31. The lowest BCUT2D eigenvalue weighted by Gasteiger charge is -2.38. The van der Waals surface area contributed by atoms with Gasteiger partial charge in [-0.25, -0.2) is 0 Å². The van der Waals surface area contributed by atoms with Gasteiger partial charge in [0.1, 0.15) is 12.7 Å². The summed E-state index contributed by atoms with van der Waals surface area (Å²) in [4.78, 5) is 29.8. The van der Waals surface area contributed by atoms with Gasteiger partial charge in [0, 0.05) is 23.1 Å². The monoisotopic (exact) mass is 346 g/mol. The van der Waals surface area contributed by atoms with E-state index in [-0.39, 0.29) is 23.0 Å². The fraction of sp³-hybridized carbons (Fsp3) is 0.375. The van der Waals surface area contributed by atoms with Gasteiger partial charge in [0.25, 0.3) is 0 Å². The first-order valence-corrected chi connectivity index (χ1v) is 8.35. The van der Waals surface area contributed by atoms with Crippen LogP contribution in [0.25, 0.3) is 0 Å². The predicted octanol–water partition coefficient (Wildman–Crippen LogP) is 3.02. The highest BCUT2D eigenvalue weighted by molar-refractivity contribution is 8.00. The molecule has 1 aromatic heterocycles. The molecule has 7 nitrogen and oxygen atoms in total. The molecule has 2 heterocycles. The van der Waals surface area contributed by atoms with Crippen LogP contribution in [0.3, 0.4) is 0 Å². The summed E-state index contributed by atoms with van der Waals surface area (Å²) in [5.41, 5.74) is 0.888. The highest BCUT2D eigenvalue weighted by Gasteiger charge is 2.34. The SMILES string of the molecule is Cc1nc([N+](=O)[O-])cn1CC(=O)N1CC(C)(C)Sc2ccccc21. The number of carbonyl (C=O) groups is 1. The third-order valence-corrected chi connectivity index (χ3v) is 5.09. The average Bonchev–Trinajstić information content (AvgIpc) is 2.87. The lowest BCUT2D eigenvalue weighted by molar-refractivity contribution is -0.389. The smallest absolute Gasteiger partial charge is 0.358 e. The van der Waals surface area contributed by atoms with Crippen molar-refractivity contribution < 1.29 is 9.72 Å². The van der Waals surface area contributed by atoms with Gasteiger partial charge in [-0.3, -0.25) is 9.36 Å². The average molecular weight is 346 g/mol. The van der Waals surface area contributed by atoms with Crippen molar-refractivity contribution >= 4 is 29.2 Å². The molecule has 3 rings (SSSR count). The van der Waals surface area contributed by atoms with Gasteiger partial charge in [-0.15, -0.1) is 11.8 Å². The van der Waals surface area contributed by atoms with Crippen LogP contribution in [0.15, 0.2) is 35.4 Å². The standard InChI is InChI=1S/C16H18N4O3S/c1-11-17-14(20(22)23)8-18(11)9-15(21)19-10-16(2,3)24-13-7-5-4-6-12(13)19/h4-8H,9-10H2,1-3H3. The van der Waals surface area contributed by atoms with Crippen LogP contribution in [0.2, 0.25) is 0 Å². The van der Waals surface area contributed by atoms with Crippen molar-refractivity contribution in [2.24, 2.45) is 0 Å². The number of fused-ring (bicyclic) bond motifs is 1. The van der Waals surface area contributed by atoms with Gasteiger partial charge in [-0.05, 0) is 35.9 Å². The third kappa shape index (κ3) is 3.14. The first-order valence-electron chi connectivity index (χ1n) is 7.53. The van der Waals surface area contributed by atoms with Gasteiger partial charge in [0.2, 0.25) is 11.7 Å². The number of benzene rings is 1. The number of thioether (sulfide) groups is 1. The Balaban J connectivity index is 1.89. The second kappa shape index (κ2) is 5.94. The van der Waals surface area contributed by atoms with Crippen molar-refractivity contribution in [3.8, 4) is 0 Å². The fourth-order valence-corrected chi connectivity index (χ4v) is 3.97. The molecule has 0 fully saturated rings. The van der Waals surface area contributed by atoms with Crippen molar-refractivity contribution in [1.29, 1.82) is 0 Å². The molecule has 0 bridgehead atoms. The predicted molar refractivity (Wildman–Crippen MR) is 92.3 cm³/mol. The van der Waals surface area contributed by atoms with Crippen LogP contribution in [0, 0.1) is 17.0 Å². The number of para-hydroxylation sites is 1. The Morgan fingerprint density at radius 2 is 2.12 bits per heavy atom. The topological polar surface area (TPSA) is 81.3 Å². The minimum Gasteiger partial charge on any atom is -0.358 e. The van der Waals surface area contributed by atoms with Crippen LogP contribution in [-0.4, -0.2) is 31.7 Å². The highest BCUT2D eigenvalue weighted by atomic mass is 32.2. The number of amides is 1. The van der Waals surface area contributed by atoms with Gasteiger partial charge in [0.15, 0.2) is 0 Å². The number of aromatic nitrogens is 2. The minimum atomic E-state index is -0.552. The van der Waals surface area contributed by atoms with Crippen LogP contribution >= 0.6 is 11.8 Å². The molecule has 0 aliphatic carbocycles. The number of rotatable bonds is 3. The number of hydrogen-bond acceptors (Lipinski definition) is 5. The van der Waals surface area contributed by atoms with E-state index in [0.29, 0.717) is 12.4 Å². The molecule has 24 heavy (non-hydrogen) atoms. The largest absolute Gasteiger partial charge is 0.381 e. The molecular formula is C16H18N4O3S. The molecule has 0 N–H and O–H groups in total. The molecule has 0 unspecified atom stereocenters. The summed E-state index contributed by atoms with van der Waals surface area (Å²) in [6, 6.07) is 7.80. The quantitative estimate of drug-likeness (QED) is 0.630. The zero-order valence-corrected chi connectivity index (χ0v) is 14.5. The van der Waals surface area contributed by atoms with Crippen molar-refractivity contribution in [1.82, 2.24) is 9.55 Å². The summed E-state index contributed by atoms with van der Waals surface area (Å²) < 4.78 is 1.43. The third-order valence-electron chi connectivity index (χ3n) is 3.84. The second-order valence-corrected chi connectivity index (χ2v) is 8.09. The van der Waals surface area contributed by atoms with E-state index in [4.69, 9.17) is 0 Å². The minimum absolute atomic E-state index is 0.0295. The first kappa shape index (κ1) is 16.5. The fourth-order valence-electron chi connectivity index (χ4n) is 2.76. The van der Waals surface area contributed by atoms with Gasteiger partial charge in [-0.1, -0.05) is 12.1 Å². The number of anilines is 1. The molecule has 8 heteroatoms. The van der Waals surface area contributed by atoms with E-state index < -0.39 is 4.92 Å². The molecule has 1 amide bonds. The Morgan fingerprint density at radius 3 is 2.79 bits per heavy atom. The van der Waals surface area contributed by atoms with Crippen LogP contribution in [0.4, 0.5) is 11.5 Å². The maximum atomic E-state index is 12.8. The van der Waals surface area contributed by atoms with Crippen LogP contribution in [0.5, 0.6) is 0 Å². The van der Waals surface area contributed by atoms with Crippen LogP contribution in [0.1, 0.15) is 19.7 Å².